The molecule has 0 bridgehead atoms. The number of benzene rings is 1. The molecule has 0 aromatic heterocycles. The minimum Gasteiger partial charge on any atom is -0.395 e. The molecule has 0 aliphatic heterocycles. The summed E-state index contributed by atoms with van der Waals surface area (Å²) in [5, 5.41) is 8.67. The maximum atomic E-state index is 13.2. The zero-order valence-electron chi connectivity index (χ0n) is 10.9. The molecule has 0 heterocycles. The Morgan fingerprint density at radius 2 is 2.22 bits per heavy atom. The van der Waals surface area contributed by atoms with Crippen molar-refractivity contribution in [3.63, 3.8) is 0 Å². The van der Waals surface area contributed by atoms with Gasteiger partial charge in [-0.25, -0.2) is 4.39 Å². The topological polar surface area (TPSA) is 29.5 Å². The Morgan fingerprint density at radius 1 is 1.44 bits per heavy atom. The molecule has 1 rings (SSSR count). The monoisotopic (exact) mass is 250 g/mol. The SMILES string of the molecule is CCC(C)OCc1ccc(F)cc1C#CCCO. The Morgan fingerprint density at radius 3 is 2.89 bits per heavy atom. The lowest BCUT2D eigenvalue weighted by molar-refractivity contribution is 0.0507. The number of aliphatic hydroxyl groups excluding tert-OH is 1. The maximum absolute atomic E-state index is 13.2. The van der Waals surface area contributed by atoms with Crippen LogP contribution in [-0.2, 0) is 11.3 Å². The summed E-state index contributed by atoms with van der Waals surface area (Å²) < 4.78 is 18.8. The summed E-state index contributed by atoms with van der Waals surface area (Å²) in [6.07, 6.45) is 1.50. The molecule has 0 saturated carbocycles. The Bertz CT molecular complexity index is 432. The van der Waals surface area contributed by atoms with Gasteiger partial charge in [0.05, 0.1) is 19.3 Å². The molecule has 98 valence electrons. The standard InChI is InChI=1S/C15H19FO2/c1-3-12(2)18-11-14-7-8-15(16)10-13(14)6-4-5-9-17/h7-8,10,12,17H,3,5,9,11H2,1-2H3. The van der Waals surface area contributed by atoms with E-state index in [1.165, 1.54) is 12.1 Å². The molecule has 0 spiro atoms. The quantitative estimate of drug-likeness (QED) is 0.814. The third-order valence-electron chi connectivity index (χ3n) is 2.63. The molecule has 0 amide bonds. The van der Waals surface area contributed by atoms with Crippen LogP contribution in [-0.4, -0.2) is 17.8 Å². The molecule has 0 aliphatic rings. The van der Waals surface area contributed by atoms with Crippen LogP contribution in [0.5, 0.6) is 0 Å². The molecule has 0 saturated heterocycles. The first-order valence-corrected chi connectivity index (χ1v) is 6.17. The normalized spacial score (nSPS) is 11.8. The molecule has 0 radical (unpaired) electrons. The lowest BCUT2D eigenvalue weighted by atomic mass is 10.1. The van der Waals surface area contributed by atoms with Crippen LogP contribution >= 0.6 is 0 Å². The van der Waals surface area contributed by atoms with E-state index in [0.29, 0.717) is 18.6 Å². The van der Waals surface area contributed by atoms with Crippen molar-refractivity contribution in [1.82, 2.24) is 0 Å². The van der Waals surface area contributed by atoms with Crippen molar-refractivity contribution in [2.45, 2.75) is 39.4 Å². The Hall–Kier alpha value is -1.37. The number of hydrogen-bond acceptors (Lipinski definition) is 2. The van der Waals surface area contributed by atoms with E-state index in [2.05, 4.69) is 18.8 Å². The molecule has 1 aromatic rings. The van der Waals surface area contributed by atoms with Crippen molar-refractivity contribution in [3.05, 3.63) is 35.1 Å². The smallest absolute Gasteiger partial charge is 0.124 e. The highest BCUT2D eigenvalue weighted by Gasteiger charge is 2.05. The second-order valence-electron chi connectivity index (χ2n) is 4.11. The van der Waals surface area contributed by atoms with Crippen LogP contribution in [0.4, 0.5) is 4.39 Å². The van der Waals surface area contributed by atoms with Gasteiger partial charge in [-0.3, -0.25) is 0 Å². The lowest BCUT2D eigenvalue weighted by Crippen LogP contribution is -2.07. The molecule has 0 fully saturated rings. The molecule has 1 N–H and O–H groups in total. The van der Waals surface area contributed by atoms with E-state index >= 15 is 0 Å². The van der Waals surface area contributed by atoms with E-state index in [-0.39, 0.29) is 18.5 Å². The van der Waals surface area contributed by atoms with Crippen molar-refractivity contribution in [2.75, 3.05) is 6.61 Å². The Labute approximate surface area is 108 Å². The van der Waals surface area contributed by atoms with Crippen LogP contribution in [0.15, 0.2) is 18.2 Å². The van der Waals surface area contributed by atoms with Gasteiger partial charge >= 0.3 is 0 Å². The summed E-state index contributed by atoms with van der Waals surface area (Å²) >= 11 is 0. The number of rotatable bonds is 5. The minimum absolute atomic E-state index is 0.0149. The van der Waals surface area contributed by atoms with Crippen molar-refractivity contribution in [3.8, 4) is 11.8 Å². The molecular weight excluding hydrogens is 231 g/mol. The highest BCUT2D eigenvalue weighted by atomic mass is 19.1. The first-order chi connectivity index (χ1) is 8.67. The highest BCUT2D eigenvalue weighted by molar-refractivity contribution is 5.41. The summed E-state index contributed by atoms with van der Waals surface area (Å²) in [5.41, 5.74) is 1.51. The Balaban J connectivity index is 2.80. The molecule has 1 aromatic carbocycles. The van der Waals surface area contributed by atoms with Gasteiger partial charge in [-0.2, -0.15) is 0 Å². The fourth-order valence-electron chi connectivity index (χ4n) is 1.35. The van der Waals surface area contributed by atoms with E-state index in [1.807, 2.05) is 6.92 Å². The number of halogens is 1. The second kappa shape index (κ2) is 7.86. The van der Waals surface area contributed by atoms with Gasteiger partial charge in [-0.15, -0.1) is 0 Å². The summed E-state index contributed by atoms with van der Waals surface area (Å²) in [7, 11) is 0. The van der Waals surface area contributed by atoms with Crippen LogP contribution in [0.3, 0.4) is 0 Å². The van der Waals surface area contributed by atoms with Crippen LogP contribution in [0.25, 0.3) is 0 Å². The van der Waals surface area contributed by atoms with Gasteiger partial charge in [0.1, 0.15) is 5.82 Å². The summed E-state index contributed by atoms with van der Waals surface area (Å²) in [6.45, 7) is 4.50. The molecule has 2 nitrogen and oxygen atoms in total. The second-order valence-corrected chi connectivity index (χ2v) is 4.11. The molecule has 1 unspecified atom stereocenters. The van der Waals surface area contributed by atoms with E-state index in [4.69, 9.17) is 9.84 Å². The average molecular weight is 250 g/mol. The van der Waals surface area contributed by atoms with Crippen LogP contribution in [0.2, 0.25) is 0 Å². The van der Waals surface area contributed by atoms with Gasteiger partial charge < -0.3 is 9.84 Å². The average Bonchev–Trinajstić information content (AvgIpc) is 2.37. The predicted molar refractivity (Wildman–Crippen MR) is 69.5 cm³/mol. The van der Waals surface area contributed by atoms with Crippen molar-refractivity contribution in [2.24, 2.45) is 0 Å². The van der Waals surface area contributed by atoms with Crippen LogP contribution in [0.1, 0.15) is 37.8 Å². The first-order valence-electron chi connectivity index (χ1n) is 6.17. The van der Waals surface area contributed by atoms with Crippen molar-refractivity contribution < 1.29 is 14.2 Å². The zero-order valence-corrected chi connectivity index (χ0v) is 10.9. The summed E-state index contributed by atoms with van der Waals surface area (Å²) in [5.74, 6) is 5.36. The van der Waals surface area contributed by atoms with Crippen molar-refractivity contribution in [1.29, 1.82) is 0 Å². The van der Waals surface area contributed by atoms with Gasteiger partial charge in [0.15, 0.2) is 0 Å². The summed E-state index contributed by atoms with van der Waals surface area (Å²) in [6, 6.07) is 4.51. The number of ether oxygens (including phenoxy) is 1. The highest BCUT2D eigenvalue weighted by Crippen LogP contribution is 2.13. The van der Waals surface area contributed by atoms with E-state index in [0.717, 1.165) is 12.0 Å². The van der Waals surface area contributed by atoms with Gasteiger partial charge in [-0.05, 0) is 31.0 Å². The molecular formula is C15H19FO2. The van der Waals surface area contributed by atoms with Gasteiger partial charge in [0.25, 0.3) is 0 Å². The fourth-order valence-corrected chi connectivity index (χ4v) is 1.35. The maximum Gasteiger partial charge on any atom is 0.124 e. The van der Waals surface area contributed by atoms with Crippen LogP contribution in [0, 0.1) is 17.7 Å². The van der Waals surface area contributed by atoms with Gasteiger partial charge in [0, 0.05) is 12.0 Å². The van der Waals surface area contributed by atoms with Crippen molar-refractivity contribution >= 4 is 0 Å². The van der Waals surface area contributed by atoms with Gasteiger partial charge in [0.2, 0.25) is 0 Å². The molecule has 3 heteroatoms. The zero-order chi connectivity index (χ0) is 13.4. The van der Waals surface area contributed by atoms with E-state index in [9.17, 15) is 4.39 Å². The third-order valence-corrected chi connectivity index (χ3v) is 2.63. The van der Waals surface area contributed by atoms with Crippen LogP contribution < -0.4 is 0 Å². The number of aliphatic hydroxyl groups is 1. The molecule has 0 aliphatic carbocycles. The number of hydrogen-bond donors (Lipinski definition) is 1. The lowest BCUT2D eigenvalue weighted by Gasteiger charge is -2.11. The predicted octanol–water partition coefficient (Wildman–Crippen LogP) is 2.87. The first kappa shape index (κ1) is 14.7. The van der Waals surface area contributed by atoms with E-state index < -0.39 is 0 Å². The third kappa shape index (κ3) is 4.87. The minimum atomic E-state index is -0.310. The van der Waals surface area contributed by atoms with E-state index in [1.54, 1.807) is 6.07 Å². The fraction of sp³-hybridized carbons (Fsp3) is 0.467. The van der Waals surface area contributed by atoms with Gasteiger partial charge in [-0.1, -0.05) is 24.8 Å². The summed E-state index contributed by atoms with van der Waals surface area (Å²) in [4.78, 5) is 0. The largest absolute Gasteiger partial charge is 0.395 e. The molecule has 18 heavy (non-hydrogen) atoms. The molecule has 1 atom stereocenters. The Kier molecular flexibility index (Phi) is 6.42.